The zero-order valence-electron chi connectivity index (χ0n) is 12.6. The van der Waals surface area contributed by atoms with Crippen molar-refractivity contribution in [3.05, 3.63) is 12.2 Å². The number of carbonyl (C=O) groups is 1. The molecule has 112 valence electrons. The quantitative estimate of drug-likeness (QED) is 0.359. The van der Waals surface area contributed by atoms with Crippen LogP contribution >= 0.6 is 0 Å². The Balaban J connectivity index is 3.60. The molecular weight excluding hydrogens is 262 g/mol. The maximum atomic E-state index is 11.2. The summed E-state index contributed by atoms with van der Waals surface area (Å²) in [5, 5.41) is 2.82. The second-order valence-electron chi connectivity index (χ2n) is 4.50. The zero-order valence-corrected chi connectivity index (χ0v) is 13.6. The molecule has 0 aliphatic rings. The summed E-state index contributed by atoms with van der Waals surface area (Å²) in [7, 11) is 2.49. The zero-order chi connectivity index (χ0) is 14.7. The summed E-state index contributed by atoms with van der Waals surface area (Å²) in [6.45, 7) is 6.00. The van der Waals surface area contributed by atoms with Gasteiger partial charge in [0.05, 0.1) is 0 Å². The van der Waals surface area contributed by atoms with E-state index in [1.54, 1.807) is 28.3 Å². The van der Waals surface area contributed by atoms with Crippen molar-refractivity contribution in [2.75, 3.05) is 27.9 Å². The number of nitrogens with one attached hydrogen (secondary N) is 1. The average Bonchev–Trinajstić information content (AvgIpc) is 2.42. The van der Waals surface area contributed by atoms with Gasteiger partial charge in [-0.3, -0.25) is 4.79 Å². The summed E-state index contributed by atoms with van der Waals surface area (Å²) in [6.07, 6.45) is 4.13. The summed E-state index contributed by atoms with van der Waals surface area (Å²) in [5.41, 5.74) is 0.552. The molecule has 0 spiro atoms. The Labute approximate surface area is 117 Å². The van der Waals surface area contributed by atoms with Crippen molar-refractivity contribution in [3.8, 4) is 0 Å². The topological polar surface area (TPSA) is 56.8 Å². The van der Waals surface area contributed by atoms with Gasteiger partial charge in [0.15, 0.2) is 0 Å². The molecule has 6 heteroatoms. The molecule has 0 fully saturated rings. The number of amides is 1. The van der Waals surface area contributed by atoms with Gasteiger partial charge in [0.1, 0.15) is 0 Å². The van der Waals surface area contributed by atoms with Gasteiger partial charge in [-0.15, -0.1) is 0 Å². The van der Waals surface area contributed by atoms with E-state index in [0.29, 0.717) is 12.1 Å². The van der Waals surface area contributed by atoms with E-state index in [0.717, 1.165) is 31.7 Å². The Morgan fingerprint density at radius 3 is 2.05 bits per heavy atom. The van der Waals surface area contributed by atoms with Crippen LogP contribution in [0.2, 0.25) is 6.04 Å². The predicted molar refractivity (Wildman–Crippen MR) is 77.9 cm³/mol. The first kappa shape index (κ1) is 18.3. The molecule has 0 aromatic heterocycles. The molecule has 0 saturated carbocycles. The van der Waals surface area contributed by atoms with Crippen LogP contribution in [0.1, 0.15) is 32.6 Å². The minimum atomic E-state index is -2.40. The molecule has 0 aromatic carbocycles. The maximum Gasteiger partial charge on any atom is 0.500 e. The number of carbonyl (C=O) groups excluding carboxylic acids is 1. The number of unbranched alkanes of at least 4 members (excludes halogenated alkanes) is 3. The molecule has 5 nitrogen and oxygen atoms in total. The highest BCUT2D eigenvalue weighted by molar-refractivity contribution is 6.60. The van der Waals surface area contributed by atoms with E-state index < -0.39 is 8.80 Å². The first-order chi connectivity index (χ1) is 9.01. The third-order valence-electron chi connectivity index (χ3n) is 3.02. The smallest absolute Gasteiger partial charge is 0.377 e. The van der Waals surface area contributed by atoms with Crippen LogP contribution < -0.4 is 5.32 Å². The standard InChI is InChI=1S/C13H27NO4Si/c1-12(2)13(15)14-10-8-6-7-9-11-19(16-3,17-4)18-5/h1,6-11H2,2-5H3,(H,14,15). The van der Waals surface area contributed by atoms with Gasteiger partial charge in [-0.2, -0.15) is 0 Å². The average molecular weight is 289 g/mol. The number of hydrogen-bond donors (Lipinski definition) is 1. The summed E-state index contributed by atoms with van der Waals surface area (Å²) in [5.74, 6) is -0.0652. The molecule has 0 radical (unpaired) electrons. The Morgan fingerprint density at radius 2 is 1.58 bits per heavy atom. The Hall–Kier alpha value is -0.693. The van der Waals surface area contributed by atoms with Crippen molar-refractivity contribution in [2.45, 2.75) is 38.7 Å². The summed E-state index contributed by atoms with van der Waals surface area (Å²) in [6, 6.07) is 0.828. The first-order valence-electron chi connectivity index (χ1n) is 6.60. The molecule has 0 rings (SSSR count). The normalized spacial score (nSPS) is 11.4. The number of rotatable bonds is 11. The van der Waals surface area contributed by atoms with Crippen molar-refractivity contribution >= 4 is 14.7 Å². The molecule has 19 heavy (non-hydrogen) atoms. The lowest BCUT2D eigenvalue weighted by Crippen LogP contribution is -2.42. The molecule has 0 heterocycles. The van der Waals surface area contributed by atoms with Gasteiger partial charge in [-0.1, -0.05) is 19.4 Å². The molecule has 0 atom stereocenters. The van der Waals surface area contributed by atoms with Crippen LogP contribution in [0, 0.1) is 0 Å². The molecule has 1 N–H and O–H groups in total. The van der Waals surface area contributed by atoms with E-state index in [1.165, 1.54) is 0 Å². The second kappa shape index (κ2) is 10.1. The van der Waals surface area contributed by atoms with Crippen LogP contribution in [-0.4, -0.2) is 42.6 Å². The molecule has 0 bridgehead atoms. The first-order valence-corrected chi connectivity index (χ1v) is 8.53. The third-order valence-corrected chi connectivity index (χ3v) is 5.85. The lowest BCUT2D eigenvalue weighted by atomic mass is 10.2. The van der Waals surface area contributed by atoms with Crippen LogP contribution in [-0.2, 0) is 18.1 Å². The minimum Gasteiger partial charge on any atom is -0.377 e. The van der Waals surface area contributed by atoms with Crippen LogP contribution in [0.5, 0.6) is 0 Å². The fourth-order valence-corrected chi connectivity index (χ4v) is 3.52. The molecule has 1 amide bonds. The van der Waals surface area contributed by atoms with Gasteiger partial charge in [0.2, 0.25) is 5.91 Å². The minimum absolute atomic E-state index is 0.0652. The Morgan fingerprint density at radius 1 is 1.05 bits per heavy atom. The van der Waals surface area contributed by atoms with E-state index in [-0.39, 0.29) is 5.91 Å². The summed E-state index contributed by atoms with van der Waals surface area (Å²) in [4.78, 5) is 11.2. The van der Waals surface area contributed by atoms with Crippen molar-refractivity contribution in [3.63, 3.8) is 0 Å². The van der Waals surface area contributed by atoms with E-state index in [4.69, 9.17) is 13.3 Å². The Bertz CT molecular complexity index is 272. The van der Waals surface area contributed by atoms with E-state index in [9.17, 15) is 4.79 Å². The highest BCUT2D eigenvalue weighted by Crippen LogP contribution is 2.17. The predicted octanol–water partition coefficient (Wildman–Crippen LogP) is 2.12. The van der Waals surface area contributed by atoms with Gasteiger partial charge in [0.25, 0.3) is 0 Å². The lowest BCUT2D eigenvalue weighted by Gasteiger charge is -2.24. The molecule has 0 aliphatic heterocycles. The monoisotopic (exact) mass is 289 g/mol. The molecule has 0 aromatic rings. The summed E-state index contributed by atoms with van der Waals surface area (Å²) >= 11 is 0. The van der Waals surface area contributed by atoms with E-state index in [2.05, 4.69) is 11.9 Å². The highest BCUT2D eigenvalue weighted by Gasteiger charge is 2.36. The second-order valence-corrected chi connectivity index (χ2v) is 7.59. The molecule has 0 aliphatic carbocycles. The van der Waals surface area contributed by atoms with Crippen molar-refractivity contribution in [1.82, 2.24) is 5.32 Å². The van der Waals surface area contributed by atoms with E-state index >= 15 is 0 Å². The van der Waals surface area contributed by atoms with Crippen LogP contribution in [0.25, 0.3) is 0 Å². The van der Waals surface area contributed by atoms with Crippen LogP contribution in [0.15, 0.2) is 12.2 Å². The van der Waals surface area contributed by atoms with Crippen molar-refractivity contribution in [1.29, 1.82) is 0 Å². The molecule has 0 saturated heterocycles. The van der Waals surface area contributed by atoms with E-state index in [1.807, 2.05) is 0 Å². The Kier molecular flexibility index (Phi) is 9.77. The van der Waals surface area contributed by atoms with Crippen LogP contribution in [0.4, 0.5) is 0 Å². The van der Waals surface area contributed by atoms with Gasteiger partial charge in [0, 0.05) is 39.5 Å². The number of hydrogen-bond acceptors (Lipinski definition) is 4. The largest absolute Gasteiger partial charge is 0.500 e. The van der Waals surface area contributed by atoms with Crippen molar-refractivity contribution < 1.29 is 18.1 Å². The van der Waals surface area contributed by atoms with Crippen molar-refractivity contribution in [2.24, 2.45) is 0 Å². The van der Waals surface area contributed by atoms with Crippen LogP contribution in [0.3, 0.4) is 0 Å². The molecular formula is C13H27NO4Si. The third kappa shape index (κ3) is 7.46. The lowest BCUT2D eigenvalue weighted by molar-refractivity contribution is -0.117. The molecule has 0 unspecified atom stereocenters. The fraction of sp³-hybridized carbons (Fsp3) is 0.769. The van der Waals surface area contributed by atoms with Gasteiger partial charge in [-0.05, 0) is 19.8 Å². The SMILES string of the molecule is C=C(C)C(=O)NCCCCCC[Si](OC)(OC)OC. The van der Waals surface area contributed by atoms with Gasteiger partial charge < -0.3 is 18.6 Å². The maximum absolute atomic E-state index is 11.2. The van der Waals surface area contributed by atoms with Gasteiger partial charge in [-0.25, -0.2) is 0 Å². The highest BCUT2D eigenvalue weighted by atomic mass is 28.4. The fourth-order valence-electron chi connectivity index (χ4n) is 1.73. The summed E-state index contributed by atoms with van der Waals surface area (Å²) < 4.78 is 16.0. The van der Waals surface area contributed by atoms with Gasteiger partial charge >= 0.3 is 8.80 Å².